The molecule has 0 aliphatic rings. The van der Waals surface area contributed by atoms with Crippen molar-refractivity contribution < 1.29 is 9.84 Å². The molecular weight excluding hydrogens is 252 g/mol. The van der Waals surface area contributed by atoms with Crippen LogP contribution in [0.5, 0.6) is 0 Å². The lowest BCUT2D eigenvalue weighted by Gasteiger charge is -2.17. The molecule has 0 spiro atoms. The van der Waals surface area contributed by atoms with Crippen LogP contribution in [-0.4, -0.2) is 63.1 Å². The molecule has 0 aromatic heterocycles. The second-order valence-electron chi connectivity index (χ2n) is 5.97. The minimum absolute atomic E-state index is 0.391. The van der Waals surface area contributed by atoms with Gasteiger partial charge in [0.2, 0.25) is 0 Å². The Balaban J connectivity index is 3.44. The fraction of sp³-hybridized carbons (Fsp3) is 1.00. The van der Waals surface area contributed by atoms with Crippen LogP contribution < -0.4 is 5.32 Å². The van der Waals surface area contributed by atoms with E-state index in [4.69, 9.17) is 4.74 Å². The summed E-state index contributed by atoms with van der Waals surface area (Å²) in [5.74, 6) is 0.648. The number of aliphatic hydroxyl groups is 1. The Morgan fingerprint density at radius 3 is 2.50 bits per heavy atom. The van der Waals surface area contributed by atoms with Crippen molar-refractivity contribution in [3.8, 4) is 0 Å². The minimum Gasteiger partial charge on any atom is -0.389 e. The van der Waals surface area contributed by atoms with E-state index in [1.54, 1.807) is 0 Å². The molecule has 4 nitrogen and oxygen atoms in total. The number of unbranched alkanes of at least 4 members (excludes halogenated alkanes) is 1. The normalized spacial score (nSPS) is 14.7. The van der Waals surface area contributed by atoms with Gasteiger partial charge in [-0.25, -0.2) is 0 Å². The molecule has 0 fully saturated rings. The number of rotatable bonds is 14. The summed E-state index contributed by atoms with van der Waals surface area (Å²) < 4.78 is 5.64. The van der Waals surface area contributed by atoms with Crippen molar-refractivity contribution in [3.63, 3.8) is 0 Å². The van der Waals surface area contributed by atoms with Gasteiger partial charge in [-0.2, -0.15) is 0 Å². The monoisotopic (exact) mass is 288 g/mol. The second kappa shape index (κ2) is 13.8. The van der Waals surface area contributed by atoms with Gasteiger partial charge in [0.1, 0.15) is 0 Å². The van der Waals surface area contributed by atoms with Gasteiger partial charge in [0.15, 0.2) is 0 Å². The Labute approximate surface area is 125 Å². The van der Waals surface area contributed by atoms with Crippen molar-refractivity contribution in [2.45, 2.75) is 52.1 Å². The fourth-order valence-corrected chi connectivity index (χ4v) is 2.12. The summed E-state index contributed by atoms with van der Waals surface area (Å²) in [6.45, 7) is 8.32. The third kappa shape index (κ3) is 12.9. The van der Waals surface area contributed by atoms with E-state index in [0.29, 0.717) is 19.1 Å². The topological polar surface area (TPSA) is 44.7 Å². The fourth-order valence-electron chi connectivity index (χ4n) is 2.12. The van der Waals surface area contributed by atoms with E-state index in [9.17, 15) is 5.11 Å². The summed E-state index contributed by atoms with van der Waals surface area (Å²) in [6.07, 6.45) is 5.65. The molecule has 2 unspecified atom stereocenters. The van der Waals surface area contributed by atoms with Gasteiger partial charge < -0.3 is 20.1 Å². The zero-order chi connectivity index (χ0) is 15.2. The van der Waals surface area contributed by atoms with Gasteiger partial charge in [0.25, 0.3) is 0 Å². The van der Waals surface area contributed by atoms with E-state index >= 15 is 0 Å². The molecule has 20 heavy (non-hydrogen) atoms. The van der Waals surface area contributed by atoms with Crippen molar-refractivity contribution in [1.82, 2.24) is 10.2 Å². The van der Waals surface area contributed by atoms with Gasteiger partial charge in [-0.05, 0) is 45.9 Å². The first-order valence-electron chi connectivity index (χ1n) is 8.21. The van der Waals surface area contributed by atoms with Crippen LogP contribution in [0.15, 0.2) is 0 Å². The zero-order valence-electron chi connectivity index (χ0n) is 14.0. The Morgan fingerprint density at radius 1 is 1.15 bits per heavy atom. The van der Waals surface area contributed by atoms with E-state index in [1.807, 2.05) is 0 Å². The highest BCUT2D eigenvalue weighted by atomic mass is 16.5. The number of hydrogen-bond donors (Lipinski definition) is 2. The van der Waals surface area contributed by atoms with Gasteiger partial charge in [0, 0.05) is 13.2 Å². The summed E-state index contributed by atoms with van der Waals surface area (Å²) in [5.41, 5.74) is 0. The number of nitrogens with one attached hydrogen (secondary N) is 1. The van der Waals surface area contributed by atoms with E-state index < -0.39 is 6.10 Å². The summed E-state index contributed by atoms with van der Waals surface area (Å²) >= 11 is 0. The molecule has 0 aromatic carbocycles. The Hall–Kier alpha value is -0.160. The summed E-state index contributed by atoms with van der Waals surface area (Å²) in [6, 6.07) is 0. The average molecular weight is 288 g/mol. The van der Waals surface area contributed by atoms with E-state index in [0.717, 1.165) is 26.1 Å². The molecule has 0 aliphatic heterocycles. The summed E-state index contributed by atoms with van der Waals surface area (Å²) in [4.78, 5) is 2.17. The van der Waals surface area contributed by atoms with Gasteiger partial charge in [-0.3, -0.25) is 0 Å². The van der Waals surface area contributed by atoms with Crippen LogP contribution in [0.3, 0.4) is 0 Å². The van der Waals surface area contributed by atoms with Crippen molar-refractivity contribution in [1.29, 1.82) is 0 Å². The predicted octanol–water partition coefficient (Wildman–Crippen LogP) is 2.12. The van der Waals surface area contributed by atoms with E-state index in [-0.39, 0.29) is 0 Å². The van der Waals surface area contributed by atoms with Crippen molar-refractivity contribution in [2.75, 3.05) is 46.9 Å². The standard InChI is InChI=1S/C16H36N2O2/c1-5-7-9-15(6-2)13-20-14-16(19)12-17-10-8-11-18(3)4/h15-17,19H,5-14H2,1-4H3. The van der Waals surface area contributed by atoms with Crippen LogP contribution in [0.4, 0.5) is 0 Å². The number of ether oxygens (including phenoxy) is 1. The van der Waals surface area contributed by atoms with Gasteiger partial charge in [-0.1, -0.05) is 33.1 Å². The lowest BCUT2D eigenvalue weighted by molar-refractivity contribution is 0.0194. The smallest absolute Gasteiger partial charge is 0.0897 e. The number of nitrogens with zero attached hydrogens (tertiary/aromatic N) is 1. The highest BCUT2D eigenvalue weighted by Gasteiger charge is 2.08. The predicted molar refractivity (Wildman–Crippen MR) is 86.2 cm³/mol. The highest BCUT2D eigenvalue weighted by molar-refractivity contribution is 4.61. The largest absolute Gasteiger partial charge is 0.389 e. The molecule has 2 atom stereocenters. The SMILES string of the molecule is CCCCC(CC)COCC(O)CNCCCN(C)C. The summed E-state index contributed by atoms with van der Waals surface area (Å²) in [5, 5.41) is 13.1. The van der Waals surface area contributed by atoms with Crippen LogP contribution >= 0.6 is 0 Å². The molecule has 0 saturated heterocycles. The highest BCUT2D eigenvalue weighted by Crippen LogP contribution is 2.12. The molecule has 4 heteroatoms. The Morgan fingerprint density at radius 2 is 1.90 bits per heavy atom. The molecule has 0 rings (SSSR count). The molecule has 0 aromatic rings. The minimum atomic E-state index is -0.391. The number of hydrogen-bond acceptors (Lipinski definition) is 4. The molecule has 0 saturated carbocycles. The lowest BCUT2D eigenvalue weighted by atomic mass is 10.0. The van der Waals surface area contributed by atoms with Crippen molar-refractivity contribution >= 4 is 0 Å². The molecule has 2 N–H and O–H groups in total. The zero-order valence-corrected chi connectivity index (χ0v) is 14.0. The average Bonchev–Trinajstić information content (AvgIpc) is 2.41. The Kier molecular flexibility index (Phi) is 13.7. The first-order valence-corrected chi connectivity index (χ1v) is 8.21. The Bertz CT molecular complexity index is 201. The first kappa shape index (κ1) is 19.8. The molecule has 0 bridgehead atoms. The second-order valence-corrected chi connectivity index (χ2v) is 5.97. The maximum Gasteiger partial charge on any atom is 0.0897 e. The van der Waals surface area contributed by atoms with Crippen LogP contribution in [-0.2, 0) is 4.74 Å². The molecular formula is C16H36N2O2. The van der Waals surface area contributed by atoms with Gasteiger partial charge in [0.05, 0.1) is 12.7 Å². The lowest BCUT2D eigenvalue weighted by Crippen LogP contribution is -2.32. The van der Waals surface area contributed by atoms with E-state index in [2.05, 4.69) is 38.2 Å². The third-order valence-corrected chi connectivity index (χ3v) is 3.55. The third-order valence-electron chi connectivity index (χ3n) is 3.55. The van der Waals surface area contributed by atoms with E-state index in [1.165, 1.54) is 25.7 Å². The maximum absolute atomic E-state index is 9.82. The van der Waals surface area contributed by atoms with Crippen LogP contribution in [0, 0.1) is 5.92 Å². The molecule has 0 heterocycles. The quantitative estimate of drug-likeness (QED) is 0.481. The van der Waals surface area contributed by atoms with Crippen molar-refractivity contribution in [3.05, 3.63) is 0 Å². The first-order chi connectivity index (χ1) is 9.60. The van der Waals surface area contributed by atoms with Gasteiger partial charge in [-0.15, -0.1) is 0 Å². The van der Waals surface area contributed by atoms with Crippen LogP contribution in [0.2, 0.25) is 0 Å². The molecule has 122 valence electrons. The summed E-state index contributed by atoms with van der Waals surface area (Å²) in [7, 11) is 4.15. The molecule has 0 aliphatic carbocycles. The van der Waals surface area contributed by atoms with Crippen LogP contribution in [0.1, 0.15) is 46.0 Å². The van der Waals surface area contributed by atoms with Crippen LogP contribution in [0.25, 0.3) is 0 Å². The maximum atomic E-state index is 9.82. The van der Waals surface area contributed by atoms with Crippen molar-refractivity contribution in [2.24, 2.45) is 5.92 Å². The molecule has 0 radical (unpaired) electrons. The molecule has 0 amide bonds. The van der Waals surface area contributed by atoms with Gasteiger partial charge >= 0.3 is 0 Å². The number of aliphatic hydroxyl groups excluding tert-OH is 1.